The van der Waals surface area contributed by atoms with Crippen molar-refractivity contribution < 1.29 is 19.0 Å². The number of hydrogen-bond donors (Lipinski definition) is 1. The Bertz CT molecular complexity index is 809. The quantitative estimate of drug-likeness (QED) is 0.738. The Hall–Kier alpha value is -2.41. The Balaban J connectivity index is 2.14. The molecular formula is C13H9FN2O3S. The van der Waals surface area contributed by atoms with Crippen molar-refractivity contribution in [2.75, 3.05) is 7.11 Å². The summed E-state index contributed by atoms with van der Waals surface area (Å²) in [7, 11) is 1.25. The van der Waals surface area contributed by atoms with Gasteiger partial charge in [0.05, 0.1) is 18.1 Å². The minimum Gasteiger partial charge on any atom is -0.506 e. The molecule has 0 bridgehead atoms. The van der Waals surface area contributed by atoms with E-state index in [9.17, 15) is 14.3 Å². The third-order valence-electron chi connectivity index (χ3n) is 2.82. The van der Waals surface area contributed by atoms with Crippen molar-refractivity contribution in [1.29, 1.82) is 0 Å². The van der Waals surface area contributed by atoms with Crippen molar-refractivity contribution in [3.05, 3.63) is 41.3 Å². The van der Waals surface area contributed by atoms with Crippen LogP contribution in [0, 0.1) is 5.82 Å². The molecular weight excluding hydrogens is 283 g/mol. The number of thiophene rings is 1. The predicted molar refractivity (Wildman–Crippen MR) is 71.9 cm³/mol. The van der Waals surface area contributed by atoms with E-state index in [1.165, 1.54) is 31.6 Å². The second-order valence-electron chi connectivity index (χ2n) is 4.04. The first-order valence-corrected chi connectivity index (χ1v) is 6.46. The van der Waals surface area contributed by atoms with E-state index in [1.807, 2.05) is 0 Å². The molecule has 0 unspecified atom stereocenters. The Morgan fingerprint density at radius 2 is 2.25 bits per heavy atom. The number of rotatable bonds is 2. The maximum atomic E-state index is 13.1. The summed E-state index contributed by atoms with van der Waals surface area (Å²) in [5, 5.41) is 10.4. The molecule has 5 nitrogen and oxygen atoms in total. The summed E-state index contributed by atoms with van der Waals surface area (Å²) < 4.78 is 19.4. The summed E-state index contributed by atoms with van der Waals surface area (Å²) in [6.45, 7) is 0. The van der Waals surface area contributed by atoms with Crippen LogP contribution in [0.2, 0.25) is 0 Å². The normalized spacial score (nSPS) is 10.9. The highest BCUT2D eigenvalue weighted by atomic mass is 32.1. The first-order valence-electron chi connectivity index (χ1n) is 5.64. The number of ether oxygens (including phenoxy) is 1. The van der Waals surface area contributed by atoms with Gasteiger partial charge < -0.3 is 9.84 Å². The lowest BCUT2D eigenvalue weighted by atomic mass is 10.3. The molecule has 20 heavy (non-hydrogen) atoms. The lowest BCUT2D eigenvalue weighted by molar-refractivity contribution is 0.0603. The van der Waals surface area contributed by atoms with Crippen molar-refractivity contribution in [2.24, 2.45) is 0 Å². The number of carbonyl (C=O) groups is 1. The van der Waals surface area contributed by atoms with Crippen LogP contribution in [-0.2, 0) is 4.74 Å². The van der Waals surface area contributed by atoms with Gasteiger partial charge in [0.2, 0.25) is 0 Å². The zero-order valence-corrected chi connectivity index (χ0v) is 11.1. The SMILES string of the molecule is COC(=O)c1sc(-n2cnc3cc(F)ccc32)cc1O. The van der Waals surface area contributed by atoms with Gasteiger partial charge in [0.25, 0.3) is 0 Å². The highest BCUT2D eigenvalue weighted by molar-refractivity contribution is 7.16. The van der Waals surface area contributed by atoms with Crippen LogP contribution in [0.3, 0.4) is 0 Å². The molecule has 0 atom stereocenters. The second-order valence-corrected chi connectivity index (χ2v) is 5.07. The van der Waals surface area contributed by atoms with Gasteiger partial charge in [-0.25, -0.2) is 14.2 Å². The Morgan fingerprint density at radius 3 is 3.00 bits per heavy atom. The molecule has 0 aliphatic heterocycles. The van der Waals surface area contributed by atoms with Crippen LogP contribution < -0.4 is 0 Å². The number of hydrogen-bond acceptors (Lipinski definition) is 5. The number of imidazole rings is 1. The molecule has 7 heteroatoms. The molecule has 0 aliphatic rings. The fraction of sp³-hybridized carbons (Fsp3) is 0.0769. The van der Waals surface area contributed by atoms with Gasteiger partial charge in [0.1, 0.15) is 22.9 Å². The van der Waals surface area contributed by atoms with Crippen molar-refractivity contribution in [3.63, 3.8) is 0 Å². The molecule has 0 fully saturated rings. The molecule has 0 aliphatic carbocycles. The average molecular weight is 292 g/mol. The number of fused-ring (bicyclic) bond motifs is 1. The minimum atomic E-state index is -0.603. The van der Waals surface area contributed by atoms with Gasteiger partial charge in [-0.3, -0.25) is 4.57 Å². The molecule has 0 spiro atoms. The molecule has 2 heterocycles. The lowest BCUT2D eigenvalue weighted by Crippen LogP contribution is -1.97. The van der Waals surface area contributed by atoms with Gasteiger partial charge >= 0.3 is 5.97 Å². The van der Waals surface area contributed by atoms with Gasteiger partial charge in [0, 0.05) is 12.1 Å². The molecule has 2 aromatic heterocycles. The van der Waals surface area contributed by atoms with Gasteiger partial charge in [-0.1, -0.05) is 0 Å². The molecule has 3 aromatic rings. The molecule has 0 amide bonds. The monoisotopic (exact) mass is 292 g/mol. The highest BCUT2D eigenvalue weighted by Crippen LogP contribution is 2.33. The lowest BCUT2D eigenvalue weighted by Gasteiger charge is -1.99. The third kappa shape index (κ3) is 1.92. The van der Waals surface area contributed by atoms with Crippen LogP contribution in [0.4, 0.5) is 4.39 Å². The summed E-state index contributed by atoms with van der Waals surface area (Å²) in [4.78, 5) is 15.7. The second kappa shape index (κ2) is 4.61. The molecule has 1 N–H and O–H groups in total. The van der Waals surface area contributed by atoms with E-state index in [0.29, 0.717) is 16.0 Å². The van der Waals surface area contributed by atoms with Crippen molar-refractivity contribution in [3.8, 4) is 10.8 Å². The van der Waals surface area contributed by atoms with Crippen LogP contribution >= 0.6 is 11.3 Å². The van der Waals surface area contributed by atoms with E-state index in [1.54, 1.807) is 10.6 Å². The van der Waals surface area contributed by atoms with Gasteiger partial charge in [-0.2, -0.15) is 0 Å². The van der Waals surface area contributed by atoms with E-state index in [0.717, 1.165) is 11.3 Å². The van der Waals surface area contributed by atoms with E-state index < -0.39 is 5.97 Å². The van der Waals surface area contributed by atoms with E-state index in [-0.39, 0.29) is 16.4 Å². The number of aromatic nitrogens is 2. The van der Waals surface area contributed by atoms with E-state index in [2.05, 4.69) is 9.72 Å². The van der Waals surface area contributed by atoms with E-state index in [4.69, 9.17) is 0 Å². The predicted octanol–water partition coefficient (Wildman–Crippen LogP) is 2.72. The molecule has 3 rings (SSSR count). The van der Waals surface area contributed by atoms with Gasteiger partial charge in [-0.05, 0) is 12.1 Å². The molecule has 102 valence electrons. The summed E-state index contributed by atoms with van der Waals surface area (Å²) in [5.74, 6) is -1.12. The van der Waals surface area contributed by atoms with Crippen molar-refractivity contribution >= 4 is 28.3 Å². The molecule has 0 saturated carbocycles. The number of esters is 1. The smallest absolute Gasteiger partial charge is 0.351 e. The minimum absolute atomic E-state index is 0.117. The summed E-state index contributed by atoms with van der Waals surface area (Å²) in [5.41, 5.74) is 1.18. The van der Waals surface area contributed by atoms with Gasteiger partial charge in [0.15, 0.2) is 4.88 Å². The Kier molecular flexibility index (Phi) is 2.90. The number of carbonyl (C=O) groups excluding carboxylic acids is 1. The Labute approximate surface area is 116 Å². The number of benzene rings is 1. The largest absolute Gasteiger partial charge is 0.506 e. The standard InChI is InChI=1S/C13H9FN2O3S/c1-19-13(18)12-10(17)5-11(20-12)16-6-15-8-4-7(14)2-3-9(8)16/h2-6,17H,1H3. The maximum absolute atomic E-state index is 13.1. The molecule has 0 saturated heterocycles. The van der Waals surface area contributed by atoms with E-state index >= 15 is 0 Å². The first-order chi connectivity index (χ1) is 9.60. The fourth-order valence-corrected chi connectivity index (χ4v) is 2.84. The summed E-state index contributed by atoms with van der Waals surface area (Å²) >= 11 is 1.07. The fourth-order valence-electron chi connectivity index (χ4n) is 1.89. The van der Waals surface area contributed by atoms with Crippen molar-refractivity contribution in [1.82, 2.24) is 9.55 Å². The van der Waals surface area contributed by atoms with Crippen LogP contribution in [0.5, 0.6) is 5.75 Å². The van der Waals surface area contributed by atoms with Gasteiger partial charge in [-0.15, -0.1) is 11.3 Å². The summed E-state index contributed by atoms with van der Waals surface area (Å²) in [6.07, 6.45) is 1.51. The number of nitrogens with zero attached hydrogens (tertiary/aromatic N) is 2. The van der Waals surface area contributed by atoms with Crippen LogP contribution in [-0.4, -0.2) is 27.7 Å². The van der Waals surface area contributed by atoms with Crippen LogP contribution in [0.1, 0.15) is 9.67 Å². The maximum Gasteiger partial charge on any atom is 0.351 e. The zero-order chi connectivity index (χ0) is 14.3. The first kappa shape index (κ1) is 12.6. The van der Waals surface area contributed by atoms with Crippen LogP contribution in [0.15, 0.2) is 30.6 Å². The Morgan fingerprint density at radius 1 is 1.45 bits per heavy atom. The van der Waals surface area contributed by atoms with Crippen LogP contribution in [0.25, 0.3) is 16.0 Å². The molecule has 1 aromatic carbocycles. The highest BCUT2D eigenvalue weighted by Gasteiger charge is 2.18. The average Bonchev–Trinajstić information content (AvgIpc) is 3.00. The number of methoxy groups -OCH3 is 1. The summed E-state index contributed by atoms with van der Waals surface area (Å²) in [6, 6.07) is 5.68. The third-order valence-corrected chi connectivity index (χ3v) is 3.92. The van der Waals surface area contributed by atoms with Crippen molar-refractivity contribution in [2.45, 2.75) is 0 Å². The topological polar surface area (TPSA) is 64.4 Å². The molecule has 0 radical (unpaired) electrons. The zero-order valence-electron chi connectivity index (χ0n) is 10.3. The number of halogens is 1. The number of aromatic hydroxyl groups is 1.